The van der Waals surface area contributed by atoms with Crippen LogP contribution in [-0.4, -0.2) is 562 Å². The van der Waals surface area contributed by atoms with Crippen LogP contribution in [0.3, 0.4) is 0 Å². The van der Waals surface area contributed by atoms with Crippen LogP contribution in [0.1, 0.15) is 41.0 Å². The van der Waals surface area contributed by atoms with Gasteiger partial charge in [0.2, 0.25) is 29.5 Å². The van der Waals surface area contributed by atoms with Crippen LogP contribution in [0.25, 0.3) is 0 Å². The van der Waals surface area contributed by atoms with Crippen LogP contribution in [0, 0.1) is 0 Å². The molecule has 51 atom stereocenters. The number of rotatable bonds is 36. The molecule has 59 heteroatoms. The zero-order valence-corrected chi connectivity index (χ0v) is 70.8. The first-order valence-corrected chi connectivity index (χ1v) is 41.8. The van der Waals surface area contributed by atoms with Crippen LogP contribution in [-0.2, 0) is 119 Å². The Labute approximate surface area is 746 Å². The molecule has 59 nitrogen and oxygen atoms in total. The number of ether oxygens (including phenoxy) is 19. The molecule has 5 amide bonds. The van der Waals surface area contributed by atoms with Crippen molar-refractivity contribution in [1.29, 1.82) is 0 Å². The summed E-state index contributed by atoms with van der Waals surface area (Å²) in [5.41, 5.74) is 0. The highest BCUT2D eigenvalue weighted by molar-refractivity contribution is 5.77. The van der Waals surface area contributed by atoms with Crippen molar-refractivity contribution in [1.82, 2.24) is 26.6 Å². The van der Waals surface area contributed by atoms with E-state index in [4.69, 9.17) is 90.0 Å². The number of carboxylic acids is 1. The van der Waals surface area contributed by atoms with Gasteiger partial charge in [-0.2, -0.15) is 0 Å². The smallest absolute Gasteiger partial charge is 0.364 e. The minimum absolute atomic E-state index is 0.819. The molecule has 10 aliphatic rings. The first-order valence-electron chi connectivity index (χ1n) is 41.8. The molecule has 10 saturated heterocycles. The Morgan fingerprint density at radius 1 is 0.311 bits per heavy atom. The van der Waals surface area contributed by atoms with Crippen molar-refractivity contribution in [2.24, 2.45) is 0 Å². The molecular weight excluding hydrogens is 1810 g/mol. The quantitative estimate of drug-likeness (QED) is 0.0277. The molecule has 10 aliphatic heterocycles. The third-order valence-corrected chi connectivity index (χ3v) is 23.8. The molecular formula is C73H121N5O54. The lowest BCUT2D eigenvalue weighted by atomic mass is 9.88. The molecule has 0 aromatic carbocycles. The number of nitrogens with one attached hydrogen (secondary N) is 5. The fourth-order valence-corrected chi connectivity index (χ4v) is 17.0. The average Bonchev–Trinajstić information content (AvgIpc) is 0.761. The number of carboxylic acid groups (broad SMARTS) is 1. The molecule has 0 bridgehead atoms. The molecule has 762 valence electrons. The Morgan fingerprint density at radius 3 is 1.07 bits per heavy atom. The molecule has 0 saturated carbocycles. The van der Waals surface area contributed by atoms with E-state index in [0.29, 0.717) is 0 Å². The van der Waals surface area contributed by atoms with Crippen molar-refractivity contribution in [2.75, 3.05) is 66.1 Å². The Balaban J connectivity index is 1.07. The number of hydrogen-bond acceptors (Lipinski definition) is 53. The molecule has 0 aliphatic carbocycles. The van der Waals surface area contributed by atoms with E-state index in [1.807, 2.05) is 0 Å². The Morgan fingerprint density at radius 2 is 0.629 bits per heavy atom. The van der Waals surface area contributed by atoms with Crippen LogP contribution in [0.5, 0.6) is 0 Å². The molecule has 10 heterocycles. The Hall–Kier alpha value is -5.06. The van der Waals surface area contributed by atoms with Gasteiger partial charge in [-0.15, -0.1) is 0 Å². The number of hydrogen-bond donors (Lipinski definition) is 34. The van der Waals surface area contributed by atoms with E-state index in [-0.39, 0.29) is 0 Å². The summed E-state index contributed by atoms with van der Waals surface area (Å²) in [5, 5.41) is 338. The molecule has 0 unspecified atom stereocenters. The lowest BCUT2D eigenvalue weighted by Gasteiger charge is -2.52. The molecule has 0 radical (unpaired) electrons. The predicted octanol–water partition coefficient (Wildman–Crippen LogP) is -22.9. The van der Waals surface area contributed by atoms with Gasteiger partial charge in [-0.1, -0.05) is 0 Å². The molecule has 10 fully saturated rings. The SMILES string of the molecule is CC(=O)N[C@@H]1[C@@H](O)[C@H](O[C@@H]2O[C@H](CO)[C@@H](O[C@@H]3O[C@H](CO[C@H]4O[C@H](CO)[C@@H](O)[C@H](O)[C@@H]4O)[C@@H](O)[C@H](O[C@H]4O[C@H](CO)[C@@H](O[C@@H]5O[C@H](CO[C@]6(C(=O)O)C[C@H](O)[C@@H](NC(C)=O)[C@H]([C@H](O)[C@H](O)CO)O6)[C@@H](O)[C@H](O[C@@H]6O[C@H](CO)[C@H](O)[C@H](O)[C@H]6O)[C@H]5NC(C)=O)[C@H](O)[C@@H]4O[C@@H]4O[C@H](CO)[C@@H](O[C@@H]5O[C@H](CO)[C@H](O)[C@H](O)[C@H]5O)[C@H](O)[C@H]4NC(C)=O)[C@@H]3O)[C@H](O)[C@H]2NC(C)=O)[C@@H](CO)O[C@H]1O. The third-order valence-electron chi connectivity index (χ3n) is 23.8. The number of carbonyl (C=O) groups excluding carboxylic acids is 5. The highest BCUT2D eigenvalue weighted by atomic mass is 16.8. The van der Waals surface area contributed by atoms with Gasteiger partial charge in [0.05, 0.1) is 78.2 Å². The lowest BCUT2D eigenvalue weighted by molar-refractivity contribution is -0.406. The first-order chi connectivity index (χ1) is 62.3. The fraction of sp³-hybridized carbons (Fsp3) is 0.918. The molecule has 34 N–H and O–H groups in total. The standard InChI is InChI=1S/C73H121N5O54/c1-17(87)74-33-22(92)6-73(72(112)113,132-60(33)38(94)23(93)7-79)115-16-32-42(98)59(129-69-52(108)49(105)41(97)26(10-82)119-69)37(78-21(5)91)66(123-32)126-58-30(14-86)122-71(62(53(58)109)131-65-36(77-20(4)90)46(102)56(28(12-84)121-65)127-68-51(107)48(104)40(96)25(9-81)118-68)130-61-43(99)31(15-114-67-50(106)47(103)39(95)24(8-80)117-67)124-70(54(61)110)128-57-29(13-85)120-64(35(45(57)101)76-19(3)89)125-55-27(11-83)116-63(111)34(44(55)100)75-18(2)88/h22-71,79-86,92-111H,6-16H2,1-5H3,(H,74,87)(H,75,88)(H,76,89)(H,77,90)(H,78,91)(H,112,113)/t22-,23+,24+,25+,26+,27+,28+,29+,30+,31+,32+,33+,34+,35+,36+,37+,38+,39+,40-,41-,42+,43+,44+,45+,46+,47-,48-,49-,50-,51+,52+,53-,54-,55+,56+,57+,58+,59+,60+,61-,62-,63+,64-,65-,66-,67-,68-,69-,70-,71+,73+/m0/s1. The van der Waals surface area contributed by atoms with Crippen LogP contribution in [0.2, 0.25) is 0 Å². The Bertz CT molecular complexity index is 3680. The summed E-state index contributed by atoms with van der Waals surface area (Å²) in [7, 11) is 0. The minimum Gasteiger partial charge on any atom is -0.477 e. The topological polar surface area (TPSA) is 925 Å². The van der Waals surface area contributed by atoms with Crippen molar-refractivity contribution in [3.05, 3.63) is 0 Å². The number of aliphatic hydroxyl groups excluding tert-OH is 28. The lowest BCUT2D eigenvalue weighted by Crippen LogP contribution is -2.72. The zero-order chi connectivity index (χ0) is 97.6. The van der Waals surface area contributed by atoms with E-state index in [2.05, 4.69) is 26.6 Å². The third kappa shape index (κ3) is 24.1. The average molecular weight is 1930 g/mol. The number of aliphatic carboxylic acids is 1. The summed E-state index contributed by atoms with van der Waals surface area (Å²) in [6, 6.07) is -9.93. The maximum Gasteiger partial charge on any atom is 0.364 e. The van der Waals surface area contributed by atoms with Gasteiger partial charge in [0.25, 0.3) is 5.79 Å². The van der Waals surface area contributed by atoms with Gasteiger partial charge < -0.3 is 265 Å². The summed E-state index contributed by atoms with van der Waals surface area (Å²) >= 11 is 0. The van der Waals surface area contributed by atoms with Crippen molar-refractivity contribution in [3.63, 3.8) is 0 Å². The van der Waals surface area contributed by atoms with Crippen molar-refractivity contribution >= 4 is 35.5 Å². The summed E-state index contributed by atoms with van der Waals surface area (Å²) < 4.78 is 114. The first kappa shape index (κ1) is 109. The maximum absolute atomic E-state index is 13.6. The number of aliphatic hydroxyl groups is 28. The van der Waals surface area contributed by atoms with Gasteiger partial charge in [0.1, 0.15) is 238 Å². The second kappa shape index (κ2) is 47.3. The van der Waals surface area contributed by atoms with E-state index in [9.17, 15) is 177 Å². The van der Waals surface area contributed by atoms with Crippen LogP contribution < -0.4 is 26.6 Å². The number of carbonyl (C=O) groups is 6. The zero-order valence-electron chi connectivity index (χ0n) is 70.8. The van der Waals surface area contributed by atoms with E-state index in [0.717, 1.165) is 34.6 Å². The molecule has 0 aromatic rings. The van der Waals surface area contributed by atoms with E-state index < -0.39 is 420 Å². The Kier molecular flexibility index (Phi) is 39.0. The summed E-state index contributed by atoms with van der Waals surface area (Å²) in [6.07, 6.45) is -102. The van der Waals surface area contributed by atoms with E-state index in [1.54, 1.807) is 0 Å². The minimum atomic E-state index is -3.31. The molecule has 10 rings (SSSR count). The molecule has 132 heavy (non-hydrogen) atoms. The number of amides is 5. The molecule has 0 aromatic heterocycles. The van der Waals surface area contributed by atoms with Gasteiger partial charge in [-0.3, -0.25) is 24.0 Å². The largest absolute Gasteiger partial charge is 0.477 e. The predicted molar refractivity (Wildman–Crippen MR) is 405 cm³/mol. The van der Waals surface area contributed by atoms with Crippen LogP contribution in [0.4, 0.5) is 0 Å². The van der Waals surface area contributed by atoms with Gasteiger partial charge in [0, 0.05) is 41.0 Å². The summed E-state index contributed by atoms with van der Waals surface area (Å²) in [6.45, 7) is -7.73. The highest BCUT2D eigenvalue weighted by Crippen LogP contribution is 2.43. The molecule has 0 spiro atoms. The van der Waals surface area contributed by atoms with Gasteiger partial charge in [-0.25, -0.2) is 4.79 Å². The normalized spacial score (nSPS) is 47.2. The summed E-state index contributed by atoms with van der Waals surface area (Å²) in [5.74, 6) is -10.5. The van der Waals surface area contributed by atoms with Crippen molar-refractivity contribution in [2.45, 2.75) is 353 Å². The second-order valence-corrected chi connectivity index (χ2v) is 33.2. The fourth-order valence-electron chi connectivity index (χ4n) is 17.0. The second-order valence-electron chi connectivity index (χ2n) is 33.2. The van der Waals surface area contributed by atoms with E-state index in [1.165, 1.54) is 0 Å². The van der Waals surface area contributed by atoms with Crippen LogP contribution in [0.15, 0.2) is 0 Å². The van der Waals surface area contributed by atoms with Gasteiger partial charge in [-0.05, 0) is 0 Å². The summed E-state index contributed by atoms with van der Waals surface area (Å²) in [4.78, 5) is 78.5. The van der Waals surface area contributed by atoms with Crippen molar-refractivity contribution < 1.29 is 267 Å². The van der Waals surface area contributed by atoms with Crippen LogP contribution >= 0.6 is 0 Å². The van der Waals surface area contributed by atoms with E-state index >= 15 is 0 Å². The monoisotopic (exact) mass is 1930 g/mol. The van der Waals surface area contributed by atoms with Gasteiger partial charge in [0.15, 0.2) is 56.6 Å². The van der Waals surface area contributed by atoms with Crippen molar-refractivity contribution in [3.8, 4) is 0 Å². The highest BCUT2D eigenvalue weighted by Gasteiger charge is 2.64. The van der Waals surface area contributed by atoms with Gasteiger partial charge >= 0.3 is 5.97 Å². The maximum atomic E-state index is 13.6.